The normalized spacial score (nSPS) is 18.2. The number of aryl methyl sites for hydroxylation is 1. The molecular weight excluding hydrogens is 276 g/mol. The van der Waals surface area contributed by atoms with Gasteiger partial charge in [0.2, 0.25) is 11.8 Å². The van der Waals surface area contributed by atoms with E-state index in [0.29, 0.717) is 13.0 Å². The molecule has 1 atom stereocenters. The quantitative estimate of drug-likeness (QED) is 0.876. The molecule has 1 aromatic rings. The van der Waals surface area contributed by atoms with Gasteiger partial charge in [0, 0.05) is 13.1 Å². The Bertz CT molecular complexity index is 510. The van der Waals surface area contributed by atoms with Gasteiger partial charge in [-0.05, 0) is 36.8 Å². The van der Waals surface area contributed by atoms with E-state index in [9.17, 15) is 9.59 Å². The fourth-order valence-electron chi connectivity index (χ4n) is 2.93. The molecule has 1 fully saturated rings. The van der Waals surface area contributed by atoms with Crippen LogP contribution < -0.4 is 5.73 Å². The van der Waals surface area contributed by atoms with Gasteiger partial charge in [0.15, 0.2) is 0 Å². The SMILES string of the molecule is CCCCc1ccc(CC(=O)N2CCCC(C(N)=O)C2)cc1. The highest BCUT2D eigenvalue weighted by atomic mass is 16.2. The Labute approximate surface area is 132 Å². The van der Waals surface area contributed by atoms with Crippen LogP contribution in [0.5, 0.6) is 0 Å². The van der Waals surface area contributed by atoms with Gasteiger partial charge < -0.3 is 10.6 Å². The van der Waals surface area contributed by atoms with Gasteiger partial charge in [0.25, 0.3) is 0 Å². The van der Waals surface area contributed by atoms with E-state index in [4.69, 9.17) is 5.73 Å². The van der Waals surface area contributed by atoms with E-state index in [1.165, 1.54) is 18.4 Å². The number of likely N-dealkylation sites (tertiary alicyclic amines) is 1. The van der Waals surface area contributed by atoms with Crippen molar-refractivity contribution in [2.24, 2.45) is 11.7 Å². The Hall–Kier alpha value is -1.84. The van der Waals surface area contributed by atoms with E-state index in [0.717, 1.165) is 31.4 Å². The van der Waals surface area contributed by atoms with Crippen LogP contribution in [0.25, 0.3) is 0 Å². The van der Waals surface area contributed by atoms with Crippen molar-refractivity contribution in [3.05, 3.63) is 35.4 Å². The van der Waals surface area contributed by atoms with Gasteiger partial charge >= 0.3 is 0 Å². The van der Waals surface area contributed by atoms with Gasteiger partial charge in [-0.3, -0.25) is 9.59 Å². The lowest BCUT2D eigenvalue weighted by molar-refractivity contribution is -0.134. The van der Waals surface area contributed by atoms with Crippen molar-refractivity contribution in [1.29, 1.82) is 0 Å². The second-order valence-corrected chi connectivity index (χ2v) is 6.18. The lowest BCUT2D eigenvalue weighted by atomic mass is 9.97. The van der Waals surface area contributed by atoms with Crippen molar-refractivity contribution in [2.45, 2.75) is 45.4 Å². The highest BCUT2D eigenvalue weighted by Crippen LogP contribution is 2.17. The molecule has 22 heavy (non-hydrogen) atoms. The van der Waals surface area contributed by atoms with Gasteiger partial charge in [0.1, 0.15) is 0 Å². The maximum Gasteiger partial charge on any atom is 0.227 e. The molecule has 1 aromatic carbocycles. The molecule has 0 radical (unpaired) electrons. The zero-order valence-electron chi connectivity index (χ0n) is 13.4. The van der Waals surface area contributed by atoms with E-state index in [2.05, 4.69) is 19.1 Å². The third-order valence-electron chi connectivity index (χ3n) is 4.37. The fourth-order valence-corrected chi connectivity index (χ4v) is 2.93. The molecule has 1 saturated heterocycles. The summed E-state index contributed by atoms with van der Waals surface area (Å²) in [6, 6.07) is 8.30. The lowest BCUT2D eigenvalue weighted by Crippen LogP contribution is -2.44. The molecule has 1 heterocycles. The largest absolute Gasteiger partial charge is 0.369 e. The molecule has 0 spiro atoms. The number of unbranched alkanes of at least 4 members (excludes halogenated alkanes) is 1. The minimum Gasteiger partial charge on any atom is -0.369 e. The summed E-state index contributed by atoms with van der Waals surface area (Å²) in [6.45, 7) is 3.39. The molecule has 0 aliphatic carbocycles. The molecule has 1 aliphatic heterocycles. The van der Waals surface area contributed by atoms with Gasteiger partial charge in [-0.2, -0.15) is 0 Å². The molecule has 2 amide bonds. The van der Waals surface area contributed by atoms with Gasteiger partial charge in [-0.15, -0.1) is 0 Å². The number of primary amides is 1. The monoisotopic (exact) mass is 302 g/mol. The Balaban J connectivity index is 1.89. The van der Waals surface area contributed by atoms with Crippen molar-refractivity contribution in [3.8, 4) is 0 Å². The Morgan fingerprint density at radius 1 is 1.23 bits per heavy atom. The summed E-state index contributed by atoms with van der Waals surface area (Å²) >= 11 is 0. The van der Waals surface area contributed by atoms with Crippen molar-refractivity contribution >= 4 is 11.8 Å². The molecule has 4 heteroatoms. The average molecular weight is 302 g/mol. The van der Waals surface area contributed by atoms with Crippen LogP contribution in [-0.4, -0.2) is 29.8 Å². The van der Waals surface area contributed by atoms with E-state index < -0.39 is 0 Å². The zero-order valence-corrected chi connectivity index (χ0v) is 13.4. The molecule has 0 saturated carbocycles. The van der Waals surface area contributed by atoms with Crippen LogP contribution in [-0.2, 0) is 22.4 Å². The maximum atomic E-state index is 12.4. The molecule has 0 aromatic heterocycles. The van der Waals surface area contributed by atoms with Crippen LogP contribution in [0.2, 0.25) is 0 Å². The number of amides is 2. The first-order chi connectivity index (χ1) is 10.6. The number of rotatable bonds is 6. The first-order valence-corrected chi connectivity index (χ1v) is 8.25. The number of benzene rings is 1. The summed E-state index contributed by atoms with van der Waals surface area (Å²) in [6.07, 6.45) is 5.54. The van der Waals surface area contributed by atoms with E-state index >= 15 is 0 Å². The molecule has 0 bridgehead atoms. The number of piperidine rings is 1. The molecule has 4 nitrogen and oxygen atoms in total. The van der Waals surface area contributed by atoms with E-state index in [1.807, 2.05) is 12.1 Å². The summed E-state index contributed by atoms with van der Waals surface area (Å²) in [4.78, 5) is 25.4. The van der Waals surface area contributed by atoms with Crippen LogP contribution >= 0.6 is 0 Å². The van der Waals surface area contributed by atoms with Crippen LogP contribution in [0.3, 0.4) is 0 Å². The Morgan fingerprint density at radius 2 is 1.91 bits per heavy atom. The second-order valence-electron chi connectivity index (χ2n) is 6.18. The zero-order chi connectivity index (χ0) is 15.9. The smallest absolute Gasteiger partial charge is 0.227 e. The minimum absolute atomic E-state index is 0.0901. The van der Waals surface area contributed by atoms with Gasteiger partial charge in [-0.1, -0.05) is 37.6 Å². The number of nitrogens with two attached hydrogens (primary N) is 1. The lowest BCUT2D eigenvalue weighted by Gasteiger charge is -2.31. The first kappa shape index (κ1) is 16.5. The average Bonchev–Trinajstić information content (AvgIpc) is 2.54. The summed E-state index contributed by atoms with van der Waals surface area (Å²) in [7, 11) is 0. The number of hydrogen-bond acceptors (Lipinski definition) is 2. The van der Waals surface area contributed by atoms with E-state index in [-0.39, 0.29) is 17.7 Å². The molecule has 1 unspecified atom stereocenters. The second kappa shape index (κ2) is 7.97. The molecule has 120 valence electrons. The third kappa shape index (κ3) is 4.58. The predicted octanol–water partition coefficient (Wildman–Crippen LogP) is 2.30. The predicted molar refractivity (Wildman–Crippen MR) is 87.3 cm³/mol. The van der Waals surface area contributed by atoms with E-state index in [1.54, 1.807) is 4.90 Å². The number of nitrogens with zero attached hydrogens (tertiary/aromatic N) is 1. The fraction of sp³-hybridized carbons (Fsp3) is 0.556. The highest BCUT2D eigenvalue weighted by molar-refractivity contribution is 5.81. The van der Waals surface area contributed by atoms with Crippen molar-refractivity contribution in [3.63, 3.8) is 0 Å². The van der Waals surface area contributed by atoms with Crippen LogP contribution in [0.15, 0.2) is 24.3 Å². The van der Waals surface area contributed by atoms with Gasteiger partial charge in [0.05, 0.1) is 12.3 Å². The summed E-state index contributed by atoms with van der Waals surface area (Å²) in [5, 5.41) is 0. The standard InChI is InChI=1S/C18H26N2O2/c1-2-3-5-14-7-9-15(10-8-14)12-17(21)20-11-4-6-16(13-20)18(19)22/h7-10,16H,2-6,11-13H2,1H3,(H2,19,22). The maximum absolute atomic E-state index is 12.4. The van der Waals surface area contributed by atoms with Crippen molar-refractivity contribution in [2.75, 3.05) is 13.1 Å². The van der Waals surface area contributed by atoms with Crippen molar-refractivity contribution in [1.82, 2.24) is 4.90 Å². The Kier molecular flexibility index (Phi) is 5.99. The summed E-state index contributed by atoms with van der Waals surface area (Å²) in [5.74, 6) is -0.390. The number of hydrogen-bond donors (Lipinski definition) is 1. The van der Waals surface area contributed by atoms with Crippen molar-refractivity contribution < 1.29 is 9.59 Å². The third-order valence-corrected chi connectivity index (χ3v) is 4.37. The van der Waals surface area contributed by atoms with Crippen LogP contribution in [0, 0.1) is 5.92 Å². The molecule has 2 N–H and O–H groups in total. The summed E-state index contributed by atoms with van der Waals surface area (Å²) < 4.78 is 0. The summed E-state index contributed by atoms with van der Waals surface area (Å²) in [5.41, 5.74) is 7.72. The van der Waals surface area contributed by atoms with Gasteiger partial charge in [-0.25, -0.2) is 0 Å². The highest BCUT2D eigenvalue weighted by Gasteiger charge is 2.26. The Morgan fingerprint density at radius 3 is 2.55 bits per heavy atom. The van der Waals surface area contributed by atoms with Crippen LogP contribution in [0.1, 0.15) is 43.7 Å². The first-order valence-electron chi connectivity index (χ1n) is 8.25. The molecular formula is C18H26N2O2. The topological polar surface area (TPSA) is 63.4 Å². The minimum atomic E-state index is -0.294. The van der Waals surface area contributed by atoms with Crippen LogP contribution in [0.4, 0.5) is 0 Å². The number of carbonyl (C=O) groups is 2. The number of carbonyl (C=O) groups excluding carboxylic acids is 2. The molecule has 1 aliphatic rings. The molecule has 2 rings (SSSR count).